The first-order chi connectivity index (χ1) is 7.07. The lowest BCUT2D eigenvalue weighted by Gasteiger charge is -2.27. The number of hydrogen-bond donors (Lipinski definition) is 2. The van der Waals surface area contributed by atoms with Gasteiger partial charge >= 0.3 is 0 Å². The zero-order valence-corrected chi connectivity index (χ0v) is 9.96. The molecular weight excluding hydrogens is 216 g/mol. The van der Waals surface area contributed by atoms with Crippen LogP contribution in [0.1, 0.15) is 6.42 Å². The van der Waals surface area contributed by atoms with E-state index in [1.807, 2.05) is 7.05 Å². The summed E-state index contributed by atoms with van der Waals surface area (Å²) in [7, 11) is -0.951. The first kappa shape index (κ1) is 12.9. The Morgan fingerprint density at radius 2 is 2.00 bits per heavy atom. The highest BCUT2D eigenvalue weighted by Gasteiger charge is 2.21. The highest BCUT2D eigenvalue weighted by atomic mass is 32.2. The fourth-order valence-electron chi connectivity index (χ4n) is 1.64. The van der Waals surface area contributed by atoms with Gasteiger partial charge in [0, 0.05) is 19.1 Å². The molecule has 1 rings (SSSR count). The molecule has 0 aromatic rings. The lowest BCUT2D eigenvalue weighted by atomic mass is 10.2. The van der Waals surface area contributed by atoms with Crippen molar-refractivity contribution >= 4 is 9.84 Å². The third-order valence-corrected chi connectivity index (χ3v) is 4.47. The van der Waals surface area contributed by atoms with Crippen LogP contribution in [0.3, 0.4) is 0 Å². The van der Waals surface area contributed by atoms with E-state index in [-0.39, 0.29) is 24.2 Å². The standard InChI is InChI=1S/C9H20N2O3S/c1-10-9(8-12)2-3-11-4-6-15(13,14)7-5-11/h9-10,12H,2-8H2,1H3. The lowest BCUT2D eigenvalue weighted by molar-refractivity contribution is 0.215. The lowest BCUT2D eigenvalue weighted by Crippen LogP contribution is -2.42. The second kappa shape index (κ2) is 5.79. The number of hydrogen-bond acceptors (Lipinski definition) is 5. The Bertz CT molecular complexity index is 261. The Hall–Kier alpha value is -0.170. The molecular formula is C9H20N2O3S. The average molecular weight is 236 g/mol. The average Bonchev–Trinajstić information content (AvgIpc) is 2.21. The maximum atomic E-state index is 11.2. The molecule has 2 N–H and O–H groups in total. The van der Waals surface area contributed by atoms with Gasteiger partial charge in [-0.1, -0.05) is 0 Å². The number of nitrogens with one attached hydrogen (secondary N) is 1. The number of aliphatic hydroxyl groups is 1. The van der Waals surface area contributed by atoms with E-state index in [2.05, 4.69) is 10.2 Å². The van der Waals surface area contributed by atoms with Gasteiger partial charge < -0.3 is 15.3 Å². The SMILES string of the molecule is CNC(CO)CCN1CCS(=O)(=O)CC1. The number of likely N-dealkylation sites (N-methyl/N-ethyl adjacent to an activating group) is 1. The Balaban J connectivity index is 2.24. The molecule has 0 aromatic carbocycles. The van der Waals surface area contributed by atoms with Crippen LogP contribution in [0.5, 0.6) is 0 Å². The fourth-order valence-corrected chi connectivity index (χ4v) is 2.92. The molecule has 1 aliphatic heterocycles. The van der Waals surface area contributed by atoms with Crippen LogP contribution in [0, 0.1) is 0 Å². The van der Waals surface area contributed by atoms with Gasteiger partial charge in [-0.15, -0.1) is 0 Å². The van der Waals surface area contributed by atoms with Gasteiger partial charge in [0.05, 0.1) is 18.1 Å². The molecule has 1 saturated heterocycles. The monoisotopic (exact) mass is 236 g/mol. The summed E-state index contributed by atoms with van der Waals surface area (Å²) in [4.78, 5) is 2.14. The van der Waals surface area contributed by atoms with E-state index >= 15 is 0 Å². The third kappa shape index (κ3) is 4.46. The van der Waals surface area contributed by atoms with E-state index in [9.17, 15) is 8.42 Å². The molecule has 0 spiro atoms. The van der Waals surface area contributed by atoms with E-state index in [0.717, 1.165) is 13.0 Å². The molecule has 1 aliphatic rings. The van der Waals surface area contributed by atoms with Crippen LogP contribution >= 0.6 is 0 Å². The molecule has 1 heterocycles. The van der Waals surface area contributed by atoms with Crippen LogP contribution in [0.25, 0.3) is 0 Å². The summed E-state index contributed by atoms with van der Waals surface area (Å²) in [6.07, 6.45) is 0.854. The van der Waals surface area contributed by atoms with E-state index in [1.165, 1.54) is 0 Å². The maximum absolute atomic E-state index is 11.2. The summed E-state index contributed by atoms with van der Waals surface area (Å²) in [6, 6.07) is 0.114. The van der Waals surface area contributed by atoms with E-state index in [0.29, 0.717) is 13.1 Å². The number of aliphatic hydroxyl groups excluding tert-OH is 1. The van der Waals surface area contributed by atoms with Gasteiger partial charge in [-0.2, -0.15) is 0 Å². The van der Waals surface area contributed by atoms with Gasteiger partial charge in [-0.3, -0.25) is 0 Å². The Labute approximate surface area is 91.4 Å². The summed E-state index contributed by atoms with van der Waals surface area (Å²) in [5, 5.41) is 12.0. The molecule has 0 amide bonds. The molecule has 0 saturated carbocycles. The third-order valence-electron chi connectivity index (χ3n) is 2.86. The number of rotatable bonds is 5. The molecule has 90 valence electrons. The zero-order chi connectivity index (χ0) is 11.3. The molecule has 0 bridgehead atoms. The van der Waals surface area contributed by atoms with Crippen molar-refractivity contribution in [3.8, 4) is 0 Å². The minimum Gasteiger partial charge on any atom is -0.395 e. The summed E-state index contributed by atoms with van der Waals surface area (Å²) in [5.74, 6) is 0.548. The molecule has 1 fully saturated rings. The van der Waals surface area contributed by atoms with Crippen LogP contribution in [-0.4, -0.2) is 69.3 Å². The predicted octanol–water partition coefficient (Wildman–Crippen LogP) is -1.31. The summed E-state index contributed by atoms with van der Waals surface area (Å²) in [5.41, 5.74) is 0. The van der Waals surface area contributed by atoms with Crippen LogP contribution < -0.4 is 5.32 Å². The molecule has 0 aliphatic carbocycles. The van der Waals surface area contributed by atoms with Crippen molar-refractivity contribution in [1.29, 1.82) is 0 Å². The highest BCUT2D eigenvalue weighted by molar-refractivity contribution is 7.91. The second-order valence-corrected chi connectivity index (χ2v) is 6.25. The van der Waals surface area contributed by atoms with Gasteiger partial charge in [0.2, 0.25) is 0 Å². The van der Waals surface area contributed by atoms with Crippen molar-refractivity contribution in [3.05, 3.63) is 0 Å². The first-order valence-electron chi connectivity index (χ1n) is 5.28. The van der Waals surface area contributed by atoms with Crippen molar-refractivity contribution in [2.45, 2.75) is 12.5 Å². The van der Waals surface area contributed by atoms with Crippen molar-refractivity contribution in [1.82, 2.24) is 10.2 Å². The Kier molecular flexibility index (Phi) is 4.98. The van der Waals surface area contributed by atoms with Crippen molar-refractivity contribution < 1.29 is 13.5 Å². The zero-order valence-electron chi connectivity index (χ0n) is 9.15. The quantitative estimate of drug-likeness (QED) is 0.620. The number of sulfone groups is 1. The van der Waals surface area contributed by atoms with Gasteiger partial charge in [0.1, 0.15) is 0 Å². The topological polar surface area (TPSA) is 69.6 Å². The van der Waals surface area contributed by atoms with E-state index < -0.39 is 9.84 Å². The molecule has 6 heteroatoms. The van der Waals surface area contributed by atoms with Gasteiger partial charge in [0.25, 0.3) is 0 Å². The normalized spacial score (nSPS) is 23.9. The van der Waals surface area contributed by atoms with Crippen LogP contribution in [0.4, 0.5) is 0 Å². The van der Waals surface area contributed by atoms with Crippen LogP contribution in [-0.2, 0) is 9.84 Å². The van der Waals surface area contributed by atoms with Crippen LogP contribution in [0.2, 0.25) is 0 Å². The molecule has 0 radical (unpaired) electrons. The van der Waals surface area contributed by atoms with Crippen molar-refractivity contribution in [2.24, 2.45) is 0 Å². The molecule has 0 aromatic heterocycles. The molecule has 1 atom stereocenters. The van der Waals surface area contributed by atoms with Crippen molar-refractivity contribution in [3.63, 3.8) is 0 Å². The second-order valence-electron chi connectivity index (χ2n) is 3.95. The first-order valence-corrected chi connectivity index (χ1v) is 7.10. The van der Waals surface area contributed by atoms with E-state index in [4.69, 9.17) is 5.11 Å². The van der Waals surface area contributed by atoms with Gasteiger partial charge in [-0.05, 0) is 20.0 Å². The largest absolute Gasteiger partial charge is 0.395 e. The maximum Gasteiger partial charge on any atom is 0.152 e. The predicted molar refractivity (Wildman–Crippen MR) is 59.6 cm³/mol. The fraction of sp³-hybridized carbons (Fsp3) is 1.00. The van der Waals surface area contributed by atoms with Crippen molar-refractivity contribution in [2.75, 3.05) is 44.8 Å². The Morgan fingerprint density at radius 1 is 1.40 bits per heavy atom. The van der Waals surface area contributed by atoms with Gasteiger partial charge in [-0.25, -0.2) is 8.42 Å². The minimum atomic E-state index is -2.77. The van der Waals surface area contributed by atoms with Crippen LogP contribution in [0.15, 0.2) is 0 Å². The smallest absolute Gasteiger partial charge is 0.152 e. The summed E-state index contributed by atoms with van der Waals surface area (Å²) < 4.78 is 22.3. The Morgan fingerprint density at radius 3 is 2.47 bits per heavy atom. The minimum absolute atomic E-state index is 0.114. The highest BCUT2D eigenvalue weighted by Crippen LogP contribution is 2.05. The van der Waals surface area contributed by atoms with E-state index in [1.54, 1.807) is 0 Å². The summed E-state index contributed by atoms with van der Waals surface area (Å²) >= 11 is 0. The number of nitrogens with zero attached hydrogens (tertiary/aromatic N) is 1. The molecule has 5 nitrogen and oxygen atoms in total. The van der Waals surface area contributed by atoms with Gasteiger partial charge in [0.15, 0.2) is 9.84 Å². The molecule has 1 unspecified atom stereocenters. The summed E-state index contributed by atoms with van der Waals surface area (Å²) in [6.45, 7) is 2.23. The molecule has 15 heavy (non-hydrogen) atoms.